The number of nitrogens with one attached hydrogen (secondary N) is 2. The summed E-state index contributed by atoms with van der Waals surface area (Å²) in [6.07, 6.45) is 2.29. The number of guanidine groups is 1. The van der Waals surface area contributed by atoms with Crippen LogP contribution in [0.4, 0.5) is 0 Å². The van der Waals surface area contributed by atoms with Gasteiger partial charge in [0.1, 0.15) is 18.1 Å². The lowest BCUT2D eigenvalue weighted by Crippen LogP contribution is -2.47. The molecule has 0 spiro atoms. The van der Waals surface area contributed by atoms with E-state index in [1.165, 1.54) is 0 Å². The van der Waals surface area contributed by atoms with Gasteiger partial charge < -0.3 is 24.8 Å². The number of fused-ring (bicyclic) bond motifs is 1. The first-order valence-corrected chi connectivity index (χ1v) is 11.0. The molecule has 0 saturated carbocycles. The largest absolute Gasteiger partial charge is 0.493 e. The number of para-hydroxylation sites is 1. The number of nitrogens with zero attached hydrogens (tertiary/aromatic N) is 5. The first kappa shape index (κ1) is 24.3. The number of aliphatic imine (C=N–C) groups is 1. The van der Waals surface area contributed by atoms with Crippen LogP contribution in [-0.2, 0) is 18.4 Å². The number of aromatic nitrogens is 3. The molecule has 2 aliphatic rings. The maximum Gasteiger partial charge on any atom is 0.222 e. The van der Waals surface area contributed by atoms with Gasteiger partial charge in [0.05, 0.1) is 12.6 Å². The van der Waals surface area contributed by atoms with Crippen LogP contribution in [0.1, 0.15) is 49.4 Å². The van der Waals surface area contributed by atoms with Crippen molar-refractivity contribution in [1.82, 2.24) is 30.3 Å². The Balaban J connectivity index is 0.00000289. The molecule has 2 N–H and O–H groups in total. The van der Waals surface area contributed by atoms with Crippen molar-refractivity contribution < 1.29 is 9.53 Å². The second-order valence-electron chi connectivity index (χ2n) is 8.08. The number of ether oxygens (including phenoxy) is 1. The van der Waals surface area contributed by atoms with E-state index in [1.54, 1.807) is 0 Å². The Morgan fingerprint density at radius 1 is 1.25 bits per heavy atom. The van der Waals surface area contributed by atoms with Gasteiger partial charge in [0.2, 0.25) is 5.91 Å². The van der Waals surface area contributed by atoms with E-state index >= 15 is 0 Å². The van der Waals surface area contributed by atoms with Crippen LogP contribution in [-0.4, -0.2) is 57.3 Å². The van der Waals surface area contributed by atoms with Crippen LogP contribution >= 0.6 is 24.0 Å². The normalized spacial score (nSPS) is 20.2. The number of likely N-dealkylation sites (tertiary alicyclic amines) is 1. The van der Waals surface area contributed by atoms with Gasteiger partial charge in [0.25, 0.3) is 0 Å². The number of aryl methyl sites for hydroxylation is 1. The van der Waals surface area contributed by atoms with Gasteiger partial charge in [-0.25, -0.2) is 4.99 Å². The Kier molecular flexibility index (Phi) is 8.32. The molecular weight excluding hydrogens is 521 g/mol. The lowest BCUT2D eigenvalue weighted by molar-refractivity contribution is -0.129. The summed E-state index contributed by atoms with van der Waals surface area (Å²) >= 11 is 0. The highest BCUT2D eigenvalue weighted by molar-refractivity contribution is 14.0. The summed E-state index contributed by atoms with van der Waals surface area (Å²) in [6, 6.07) is 8.38. The topological polar surface area (TPSA) is 96.7 Å². The van der Waals surface area contributed by atoms with Crippen LogP contribution in [0.2, 0.25) is 0 Å². The molecule has 2 unspecified atom stereocenters. The molecule has 0 radical (unpaired) electrons. The second kappa shape index (κ2) is 11.0. The summed E-state index contributed by atoms with van der Waals surface area (Å²) in [6.45, 7) is 6.38. The molecule has 10 heteroatoms. The van der Waals surface area contributed by atoms with E-state index in [-0.39, 0.29) is 42.0 Å². The molecule has 1 aromatic heterocycles. The lowest BCUT2D eigenvalue weighted by atomic mass is 10.0. The summed E-state index contributed by atoms with van der Waals surface area (Å²) in [4.78, 5) is 18.8. The molecule has 174 valence electrons. The summed E-state index contributed by atoms with van der Waals surface area (Å²) in [5.41, 5.74) is 1.13. The van der Waals surface area contributed by atoms with E-state index in [4.69, 9.17) is 9.73 Å². The predicted octanol–water partition coefficient (Wildman–Crippen LogP) is 2.31. The SMILES string of the molecule is CCC(=O)N1CCC(NC(=NCc2nnc(C)n2C)NC2CCOc3ccccc32)C1.I. The van der Waals surface area contributed by atoms with Crippen molar-refractivity contribution in [3.05, 3.63) is 41.5 Å². The minimum absolute atomic E-state index is 0. The molecular formula is C22H32IN7O2. The van der Waals surface area contributed by atoms with E-state index in [9.17, 15) is 4.79 Å². The second-order valence-corrected chi connectivity index (χ2v) is 8.08. The maximum atomic E-state index is 12.1. The Bertz CT molecular complexity index is 962. The van der Waals surface area contributed by atoms with Crippen molar-refractivity contribution >= 4 is 35.8 Å². The molecule has 3 heterocycles. The molecule has 9 nitrogen and oxygen atoms in total. The molecule has 4 rings (SSSR count). The number of halogens is 1. The smallest absolute Gasteiger partial charge is 0.222 e. The van der Waals surface area contributed by atoms with Crippen molar-refractivity contribution in [1.29, 1.82) is 0 Å². The Labute approximate surface area is 206 Å². The van der Waals surface area contributed by atoms with Gasteiger partial charge in [-0.2, -0.15) is 0 Å². The minimum Gasteiger partial charge on any atom is -0.493 e. The van der Waals surface area contributed by atoms with Crippen LogP contribution in [0.25, 0.3) is 0 Å². The zero-order valence-electron chi connectivity index (χ0n) is 18.9. The first-order valence-electron chi connectivity index (χ1n) is 11.0. The van der Waals surface area contributed by atoms with Crippen LogP contribution < -0.4 is 15.4 Å². The minimum atomic E-state index is 0. The van der Waals surface area contributed by atoms with E-state index in [0.29, 0.717) is 26.1 Å². The number of benzene rings is 1. The highest BCUT2D eigenvalue weighted by atomic mass is 127. The third-order valence-electron chi connectivity index (χ3n) is 6.02. The van der Waals surface area contributed by atoms with Crippen molar-refractivity contribution in [3.63, 3.8) is 0 Å². The van der Waals surface area contributed by atoms with Crippen LogP contribution in [0.5, 0.6) is 5.75 Å². The Hall–Kier alpha value is -2.37. The van der Waals surface area contributed by atoms with Gasteiger partial charge in [0, 0.05) is 44.6 Å². The van der Waals surface area contributed by atoms with E-state index in [2.05, 4.69) is 26.9 Å². The van der Waals surface area contributed by atoms with Crippen molar-refractivity contribution in [2.24, 2.45) is 12.0 Å². The molecule has 32 heavy (non-hydrogen) atoms. The van der Waals surface area contributed by atoms with E-state index < -0.39 is 0 Å². The van der Waals surface area contributed by atoms with Crippen molar-refractivity contribution in [3.8, 4) is 5.75 Å². The number of hydrogen-bond acceptors (Lipinski definition) is 5. The maximum absolute atomic E-state index is 12.1. The van der Waals surface area contributed by atoms with Crippen molar-refractivity contribution in [2.75, 3.05) is 19.7 Å². The average Bonchev–Trinajstić information content (AvgIpc) is 3.38. The lowest BCUT2D eigenvalue weighted by Gasteiger charge is -2.29. The molecule has 1 saturated heterocycles. The quantitative estimate of drug-likeness (QED) is 0.335. The Morgan fingerprint density at radius 3 is 2.81 bits per heavy atom. The highest BCUT2D eigenvalue weighted by Gasteiger charge is 2.28. The number of rotatable bonds is 5. The average molecular weight is 553 g/mol. The zero-order valence-corrected chi connectivity index (χ0v) is 21.2. The predicted molar refractivity (Wildman–Crippen MR) is 133 cm³/mol. The van der Waals surface area contributed by atoms with Crippen molar-refractivity contribution in [2.45, 2.75) is 51.7 Å². The van der Waals surface area contributed by atoms with Gasteiger partial charge in [-0.15, -0.1) is 34.2 Å². The molecule has 0 bridgehead atoms. The van der Waals surface area contributed by atoms with Gasteiger partial charge >= 0.3 is 0 Å². The van der Waals surface area contributed by atoms with E-state index in [1.807, 2.05) is 48.6 Å². The number of hydrogen-bond donors (Lipinski definition) is 2. The number of carbonyl (C=O) groups is 1. The molecule has 2 atom stereocenters. The fourth-order valence-electron chi connectivity index (χ4n) is 4.05. The fourth-order valence-corrected chi connectivity index (χ4v) is 4.05. The molecule has 2 aliphatic heterocycles. The summed E-state index contributed by atoms with van der Waals surface area (Å²) in [5.74, 6) is 3.49. The monoisotopic (exact) mass is 553 g/mol. The van der Waals surface area contributed by atoms with Gasteiger partial charge in [-0.3, -0.25) is 4.79 Å². The zero-order chi connectivity index (χ0) is 21.8. The number of carbonyl (C=O) groups excluding carboxylic acids is 1. The Morgan fingerprint density at radius 2 is 2.06 bits per heavy atom. The third kappa shape index (κ3) is 5.51. The van der Waals surface area contributed by atoms with Gasteiger partial charge in [-0.05, 0) is 19.4 Å². The standard InChI is InChI=1S/C22H31N7O2.HI/c1-4-21(30)29-11-9-16(14-29)24-22(23-13-20-27-26-15(2)28(20)3)25-18-10-12-31-19-8-6-5-7-17(18)19;/h5-8,16,18H,4,9-14H2,1-3H3,(H2,23,24,25);1H. The molecule has 1 aromatic carbocycles. The third-order valence-corrected chi connectivity index (χ3v) is 6.02. The van der Waals surface area contributed by atoms with Crippen LogP contribution in [0.3, 0.4) is 0 Å². The summed E-state index contributed by atoms with van der Waals surface area (Å²) in [7, 11) is 1.95. The number of amides is 1. The summed E-state index contributed by atoms with van der Waals surface area (Å²) in [5, 5.41) is 15.5. The van der Waals surface area contributed by atoms with E-state index in [0.717, 1.165) is 48.3 Å². The molecule has 2 aromatic rings. The van der Waals surface area contributed by atoms with Gasteiger partial charge in [0.15, 0.2) is 11.8 Å². The molecule has 1 amide bonds. The van der Waals surface area contributed by atoms with Crippen LogP contribution in [0, 0.1) is 6.92 Å². The molecule has 0 aliphatic carbocycles. The highest BCUT2D eigenvalue weighted by Crippen LogP contribution is 2.31. The summed E-state index contributed by atoms with van der Waals surface area (Å²) < 4.78 is 7.75. The fraction of sp³-hybridized carbons (Fsp3) is 0.545. The van der Waals surface area contributed by atoms with Crippen LogP contribution in [0.15, 0.2) is 29.3 Å². The van der Waals surface area contributed by atoms with Gasteiger partial charge in [-0.1, -0.05) is 25.1 Å². The molecule has 1 fully saturated rings. The first-order chi connectivity index (χ1) is 15.0.